The molecule has 0 saturated heterocycles. The van der Waals surface area contributed by atoms with E-state index in [1.54, 1.807) is 14.2 Å². The number of aromatic nitrogens is 2. The zero-order valence-corrected chi connectivity index (χ0v) is 18.4. The third-order valence-electron chi connectivity index (χ3n) is 6.73. The first-order valence-corrected chi connectivity index (χ1v) is 11.2. The molecule has 0 unspecified atom stereocenters. The molecule has 6 rings (SSSR count). The predicted molar refractivity (Wildman–Crippen MR) is 129 cm³/mol. The molecule has 2 aromatic heterocycles. The molecule has 4 heterocycles. The lowest BCUT2D eigenvalue weighted by Crippen LogP contribution is -2.17. The Hall–Kier alpha value is -3.54. The molecule has 6 nitrogen and oxygen atoms in total. The number of hydrogen-bond acceptors (Lipinski definition) is 4. The molecule has 0 radical (unpaired) electrons. The van der Waals surface area contributed by atoms with Gasteiger partial charge in [0.2, 0.25) is 0 Å². The molecule has 2 N–H and O–H groups in total. The highest BCUT2D eigenvalue weighted by molar-refractivity contribution is 6.11. The van der Waals surface area contributed by atoms with E-state index in [2.05, 4.69) is 34.2 Å². The van der Waals surface area contributed by atoms with Gasteiger partial charge in [-0.05, 0) is 61.1 Å². The molecular formula is C26H26N4O2. The van der Waals surface area contributed by atoms with E-state index in [9.17, 15) is 0 Å². The fourth-order valence-corrected chi connectivity index (χ4v) is 5.14. The third kappa shape index (κ3) is 3.01. The number of rotatable bonds is 5. The van der Waals surface area contributed by atoms with Crippen LogP contribution in [0.25, 0.3) is 21.8 Å². The number of aromatic amines is 2. The van der Waals surface area contributed by atoms with Crippen LogP contribution in [-0.4, -0.2) is 48.7 Å². The summed E-state index contributed by atoms with van der Waals surface area (Å²) in [5, 5.41) is 2.55. The summed E-state index contributed by atoms with van der Waals surface area (Å²) in [6.45, 7) is 1.68. The lowest BCUT2D eigenvalue weighted by atomic mass is 9.96. The highest BCUT2D eigenvalue weighted by Gasteiger charge is 2.23. The van der Waals surface area contributed by atoms with Crippen LogP contribution in [0.5, 0.6) is 11.5 Å². The third-order valence-corrected chi connectivity index (χ3v) is 6.73. The SMILES string of the molecule is COc1ccc2c3c([nH]c2c1)C(CCC1=NCCc2c1[nH]c1cc(OC)ccc21)=NCC3. The minimum Gasteiger partial charge on any atom is -0.497 e. The van der Waals surface area contributed by atoms with Crippen molar-refractivity contribution in [2.75, 3.05) is 27.3 Å². The molecule has 0 saturated carbocycles. The van der Waals surface area contributed by atoms with Gasteiger partial charge in [0.05, 0.1) is 37.0 Å². The number of aliphatic imine (C=N–C) groups is 2. The van der Waals surface area contributed by atoms with Crippen LogP contribution in [0.1, 0.15) is 35.4 Å². The van der Waals surface area contributed by atoms with Crippen LogP contribution in [0, 0.1) is 0 Å². The number of benzene rings is 2. The molecule has 0 aliphatic carbocycles. The average Bonchev–Trinajstić information content (AvgIpc) is 3.40. The Morgan fingerprint density at radius 3 is 1.62 bits per heavy atom. The standard InChI is InChI=1S/C26H26N4O2/c1-31-15-3-5-17-19-9-11-27-21(25(19)29-23(17)13-15)7-8-22-26-20(10-12-28-22)18-6-4-16(32-2)14-24(18)30-26/h3-6,13-14,29-30H,7-12H2,1-2H3. The van der Waals surface area contributed by atoms with Gasteiger partial charge in [-0.1, -0.05) is 0 Å². The highest BCUT2D eigenvalue weighted by Crippen LogP contribution is 2.32. The van der Waals surface area contributed by atoms with Crippen LogP contribution in [0.15, 0.2) is 46.4 Å². The average molecular weight is 427 g/mol. The van der Waals surface area contributed by atoms with Gasteiger partial charge in [-0.2, -0.15) is 0 Å². The van der Waals surface area contributed by atoms with E-state index in [-0.39, 0.29) is 0 Å². The maximum Gasteiger partial charge on any atom is 0.120 e. The summed E-state index contributed by atoms with van der Waals surface area (Å²) in [6, 6.07) is 12.5. The van der Waals surface area contributed by atoms with Gasteiger partial charge in [0.25, 0.3) is 0 Å². The van der Waals surface area contributed by atoms with E-state index >= 15 is 0 Å². The molecule has 0 bridgehead atoms. The Labute approximate surface area is 186 Å². The van der Waals surface area contributed by atoms with Gasteiger partial charge in [0.15, 0.2) is 0 Å². The van der Waals surface area contributed by atoms with Gasteiger partial charge >= 0.3 is 0 Å². The topological polar surface area (TPSA) is 74.8 Å². The number of hydrogen-bond donors (Lipinski definition) is 2. The van der Waals surface area contributed by atoms with Gasteiger partial charge < -0.3 is 19.4 Å². The Kier molecular flexibility index (Phi) is 4.52. The Morgan fingerprint density at radius 1 is 0.719 bits per heavy atom. The van der Waals surface area contributed by atoms with Gasteiger partial charge in [-0.15, -0.1) is 0 Å². The lowest BCUT2D eigenvalue weighted by Gasteiger charge is -2.16. The summed E-state index contributed by atoms with van der Waals surface area (Å²) in [7, 11) is 3.41. The molecule has 32 heavy (non-hydrogen) atoms. The molecule has 0 atom stereocenters. The van der Waals surface area contributed by atoms with E-state index in [0.717, 1.165) is 72.7 Å². The van der Waals surface area contributed by atoms with Crippen molar-refractivity contribution in [3.05, 3.63) is 58.9 Å². The second-order valence-corrected chi connectivity index (χ2v) is 8.44. The lowest BCUT2D eigenvalue weighted by molar-refractivity contribution is 0.415. The van der Waals surface area contributed by atoms with Crippen molar-refractivity contribution in [1.29, 1.82) is 0 Å². The quantitative estimate of drug-likeness (QED) is 0.479. The summed E-state index contributed by atoms with van der Waals surface area (Å²) in [6.07, 6.45) is 3.68. The maximum atomic E-state index is 5.40. The van der Waals surface area contributed by atoms with E-state index in [1.165, 1.54) is 33.3 Å². The van der Waals surface area contributed by atoms with Gasteiger partial charge in [0, 0.05) is 47.0 Å². The summed E-state index contributed by atoms with van der Waals surface area (Å²) in [4.78, 5) is 17.0. The monoisotopic (exact) mass is 426 g/mol. The summed E-state index contributed by atoms with van der Waals surface area (Å²) in [5.41, 5.74) is 9.63. The zero-order valence-electron chi connectivity index (χ0n) is 18.4. The van der Waals surface area contributed by atoms with E-state index < -0.39 is 0 Å². The van der Waals surface area contributed by atoms with Crippen LogP contribution < -0.4 is 9.47 Å². The first-order valence-electron chi connectivity index (χ1n) is 11.2. The van der Waals surface area contributed by atoms with Crippen molar-refractivity contribution in [3.8, 4) is 11.5 Å². The van der Waals surface area contributed by atoms with Crippen molar-refractivity contribution < 1.29 is 9.47 Å². The Balaban J connectivity index is 1.29. The second-order valence-electron chi connectivity index (χ2n) is 8.44. The normalized spacial score (nSPS) is 15.3. The summed E-state index contributed by atoms with van der Waals surface area (Å²) >= 11 is 0. The van der Waals surface area contributed by atoms with E-state index in [1.807, 2.05) is 12.1 Å². The Morgan fingerprint density at radius 2 is 1.19 bits per heavy atom. The minimum atomic E-state index is 0.839. The molecule has 2 aliphatic rings. The summed E-state index contributed by atoms with van der Waals surface area (Å²) in [5.74, 6) is 1.74. The number of methoxy groups -OCH3 is 2. The van der Waals surface area contributed by atoms with Crippen LogP contribution >= 0.6 is 0 Å². The molecule has 0 fully saturated rings. The fourth-order valence-electron chi connectivity index (χ4n) is 5.14. The molecule has 2 aliphatic heterocycles. The minimum absolute atomic E-state index is 0.839. The molecule has 6 heteroatoms. The zero-order chi connectivity index (χ0) is 21.7. The van der Waals surface area contributed by atoms with Crippen molar-refractivity contribution in [2.24, 2.45) is 9.98 Å². The number of nitrogens with one attached hydrogen (secondary N) is 2. The van der Waals surface area contributed by atoms with Crippen LogP contribution in [0.4, 0.5) is 0 Å². The van der Waals surface area contributed by atoms with Gasteiger partial charge in [-0.25, -0.2) is 0 Å². The van der Waals surface area contributed by atoms with Crippen LogP contribution in [0.3, 0.4) is 0 Å². The van der Waals surface area contributed by atoms with Crippen molar-refractivity contribution in [3.63, 3.8) is 0 Å². The van der Waals surface area contributed by atoms with Crippen LogP contribution in [0.2, 0.25) is 0 Å². The molecule has 162 valence electrons. The smallest absolute Gasteiger partial charge is 0.120 e. The molecule has 0 spiro atoms. The molecule has 0 amide bonds. The highest BCUT2D eigenvalue weighted by atomic mass is 16.5. The van der Waals surface area contributed by atoms with E-state index in [0.29, 0.717) is 0 Å². The second kappa shape index (κ2) is 7.55. The van der Waals surface area contributed by atoms with E-state index in [4.69, 9.17) is 19.5 Å². The van der Waals surface area contributed by atoms with Crippen LogP contribution in [-0.2, 0) is 12.8 Å². The van der Waals surface area contributed by atoms with Crippen molar-refractivity contribution in [1.82, 2.24) is 9.97 Å². The van der Waals surface area contributed by atoms with Gasteiger partial charge in [0.1, 0.15) is 11.5 Å². The predicted octanol–water partition coefficient (Wildman–Crippen LogP) is 4.84. The fraction of sp³-hybridized carbons (Fsp3) is 0.308. The van der Waals surface area contributed by atoms with Crippen molar-refractivity contribution in [2.45, 2.75) is 25.7 Å². The Bertz CT molecular complexity index is 1300. The first kappa shape index (κ1) is 19.2. The molecule has 4 aromatic rings. The molecular weight excluding hydrogens is 400 g/mol. The molecule has 2 aromatic carbocycles. The largest absolute Gasteiger partial charge is 0.497 e. The van der Waals surface area contributed by atoms with Gasteiger partial charge in [-0.3, -0.25) is 9.98 Å². The number of H-pyrrole nitrogens is 2. The number of fused-ring (bicyclic) bond motifs is 6. The first-order chi connectivity index (χ1) is 15.7. The maximum absolute atomic E-state index is 5.40. The summed E-state index contributed by atoms with van der Waals surface area (Å²) < 4.78 is 10.8. The van der Waals surface area contributed by atoms with Crippen molar-refractivity contribution >= 4 is 33.2 Å². The number of nitrogens with zero attached hydrogens (tertiary/aromatic N) is 2. The number of ether oxygens (including phenoxy) is 2.